The molecular weight excluding hydrogens is 550 g/mol. The standard InChI is InChI=1S/C34H33NO6S/c1-22-19-31(40-4)23(2)24(3)33(22)42(38,39)35(29(34(36)37)20-25-13-7-5-8-14-25)32(26-15-9-6-10-16-26)28-21-41-30-18-12-11-17-27(28)30/h5-19,21,29,32H,20H2,1-4H3,(H,36,37)/t29-,32?/m0/s1. The lowest BCUT2D eigenvalue weighted by Crippen LogP contribution is -2.49. The number of benzene rings is 4. The first kappa shape index (κ1) is 29.1. The van der Waals surface area contributed by atoms with Gasteiger partial charge >= 0.3 is 5.97 Å². The van der Waals surface area contributed by atoms with Crippen molar-refractivity contribution >= 4 is 27.0 Å². The molecular formula is C34H33NO6S. The van der Waals surface area contributed by atoms with Gasteiger partial charge in [-0.25, -0.2) is 8.42 Å². The van der Waals surface area contributed by atoms with Gasteiger partial charge in [0, 0.05) is 10.9 Å². The molecule has 5 rings (SSSR count). The van der Waals surface area contributed by atoms with Crippen molar-refractivity contribution in [3.63, 3.8) is 0 Å². The zero-order valence-electron chi connectivity index (χ0n) is 23.9. The second-order valence-electron chi connectivity index (χ2n) is 10.4. The quantitative estimate of drug-likeness (QED) is 0.193. The number of sulfonamides is 1. The summed E-state index contributed by atoms with van der Waals surface area (Å²) in [4.78, 5) is 13.2. The first-order chi connectivity index (χ1) is 20.1. The van der Waals surface area contributed by atoms with Gasteiger partial charge in [-0.1, -0.05) is 78.9 Å². The van der Waals surface area contributed by atoms with Crippen molar-refractivity contribution in [2.24, 2.45) is 0 Å². The van der Waals surface area contributed by atoms with Gasteiger partial charge in [-0.05, 0) is 67.1 Å². The molecule has 1 aromatic heterocycles. The molecule has 0 spiro atoms. The Morgan fingerprint density at radius 1 is 0.905 bits per heavy atom. The maximum Gasteiger partial charge on any atom is 0.322 e. The van der Waals surface area contributed by atoms with Crippen molar-refractivity contribution in [3.8, 4) is 5.75 Å². The first-order valence-corrected chi connectivity index (χ1v) is 15.0. The van der Waals surface area contributed by atoms with Crippen LogP contribution in [-0.2, 0) is 21.2 Å². The fourth-order valence-corrected chi connectivity index (χ4v) is 7.88. The van der Waals surface area contributed by atoms with Crippen molar-refractivity contribution in [1.82, 2.24) is 4.31 Å². The summed E-state index contributed by atoms with van der Waals surface area (Å²) in [6, 6.07) is 24.8. The Balaban J connectivity index is 1.85. The number of fused-ring (bicyclic) bond motifs is 1. The topological polar surface area (TPSA) is 97.1 Å². The van der Waals surface area contributed by atoms with Crippen LogP contribution in [0.25, 0.3) is 11.0 Å². The SMILES string of the molecule is COc1cc(C)c(S(=O)(=O)N(C(c2ccccc2)c2coc3ccccc23)[C@@H](Cc2ccccc2)C(=O)O)c(C)c1C. The monoisotopic (exact) mass is 583 g/mol. The van der Waals surface area contributed by atoms with Gasteiger partial charge in [0.15, 0.2) is 0 Å². The van der Waals surface area contributed by atoms with Gasteiger partial charge in [-0.15, -0.1) is 0 Å². The van der Waals surface area contributed by atoms with Crippen molar-refractivity contribution < 1.29 is 27.5 Å². The molecule has 0 aliphatic heterocycles. The zero-order chi connectivity index (χ0) is 30.0. The highest BCUT2D eigenvalue weighted by Gasteiger charge is 2.44. The zero-order valence-corrected chi connectivity index (χ0v) is 24.8. The van der Waals surface area contributed by atoms with Gasteiger partial charge in [0.2, 0.25) is 10.0 Å². The highest BCUT2D eigenvalue weighted by Crippen LogP contribution is 2.42. The number of methoxy groups -OCH3 is 1. The van der Waals surface area contributed by atoms with Crippen LogP contribution in [0.4, 0.5) is 0 Å². The Morgan fingerprint density at radius 3 is 2.17 bits per heavy atom. The Morgan fingerprint density at radius 2 is 1.52 bits per heavy atom. The summed E-state index contributed by atoms with van der Waals surface area (Å²) >= 11 is 0. The van der Waals surface area contributed by atoms with Gasteiger partial charge in [0.05, 0.1) is 24.3 Å². The third-order valence-corrected chi connectivity index (χ3v) is 9.94. The number of hydrogen-bond acceptors (Lipinski definition) is 5. The Hall–Kier alpha value is -4.40. The first-order valence-electron chi connectivity index (χ1n) is 13.6. The summed E-state index contributed by atoms with van der Waals surface area (Å²) in [5.41, 5.74) is 4.09. The van der Waals surface area contributed by atoms with Crippen LogP contribution in [0.3, 0.4) is 0 Å². The fourth-order valence-electron chi connectivity index (χ4n) is 5.65. The van der Waals surface area contributed by atoms with Crippen molar-refractivity contribution in [1.29, 1.82) is 0 Å². The molecule has 42 heavy (non-hydrogen) atoms. The van der Waals surface area contributed by atoms with Crippen LogP contribution in [-0.4, -0.2) is 37.0 Å². The minimum atomic E-state index is -4.46. The molecule has 1 unspecified atom stereocenters. The molecule has 1 N–H and O–H groups in total. The number of aryl methyl sites for hydroxylation is 1. The molecule has 0 saturated heterocycles. The van der Waals surface area contributed by atoms with Crippen LogP contribution in [0.15, 0.2) is 107 Å². The third kappa shape index (κ3) is 5.31. The predicted molar refractivity (Wildman–Crippen MR) is 162 cm³/mol. The third-order valence-electron chi connectivity index (χ3n) is 7.77. The molecule has 4 aromatic carbocycles. The van der Waals surface area contributed by atoms with E-state index in [4.69, 9.17) is 9.15 Å². The number of hydrogen-bond donors (Lipinski definition) is 1. The predicted octanol–water partition coefficient (Wildman–Crippen LogP) is 6.84. The number of carboxylic acids is 1. The summed E-state index contributed by atoms with van der Waals surface area (Å²) < 4.78 is 42.8. The Bertz CT molecular complexity index is 1830. The number of para-hydroxylation sites is 1. The van der Waals surface area contributed by atoms with Gasteiger partial charge < -0.3 is 14.3 Å². The number of rotatable bonds is 10. The van der Waals surface area contributed by atoms with Crippen molar-refractivity contribution in [2.75, 3.05) is 7.11 Å². The van der Waals surface area contributed by atoms with Crippen LogP contribution < -0.4 is 4.74 Å². The summed E-state index contributed by atoms with van der Waals surface area (Å²) in [6.45, 7) is 5.24. The van der Waals surface area contributed by atoms with E-state index in [2.05, 4.69) is 0 Å². The number of ether oxygens (including phenoxy) is 1. The summed E-state index contributed by atoms with van der Waals surface area (Å²) in [5, 5.41) is 11.5. The van der Waals surface area contributed by atoms with Gasteiger partial charge in [0.1, 0.15) is 17.4 Å². The normalized spacial score (nSPS) is 13.3. The van der Waals surface area contributed by atoms with E-state index in [0.29, 0.717) is 50.1 Å². The maximum absolute atomic E-state index is 15.1. The molecule has 0 saturated carbocycles. The highest BCUT2D eigenvalue weighted by atomic mass is 32.2. The molecule has 5 aromatic rings. The molecule has 0 bridgehead atoms. The molecule has 2 atom stereocenters. The van der Waals surface area contributed by atoms with Gasteiger partial charge in [-0.2, -0.15) is 4.31 Å². The van der Waals surface area contributed by atoms with E-state index >= 15 is 8.42 Å². The second kappa shape index (κ2) is 11.8. The van der Waals surface area contributed by atoms with Crippen LogP contribution in [0.5, 0.6) is 5.75 Å². The van der Waals surface area contributed by atoms with Crippen LogP contribution in [0, 0.1) is 20.8 Å². The van der Waals surface area contributed by atoms with E-state index in [1.165, 1.54) is 13.4 Å². The van der Waals surface area contributed by atoms with Gasteiger partial charge in [0.25, 0.3) is 0 Å². The van der Waals surface area contributed by atoms with Crippen molar-refractivity contribution in [3.05, 3.63) is 131 Å². The highest BCUT2D eigenvalue weighted by molar-refractivity contribution is 7.89. The van der Waals surface area contributed by atoms with E-state index in [-0.39, 0.29) is 11.3 Å². The lowest BCUT2D eigenvalue weighted by Gasteiger charge is -2.36. The van der Waals surface area contributed by atoms with Crippen molar-refractivity contribution in [2.45, 2.75) is 44.2 Å². The number of furan rings is 1. The maximum atomic E-state index is 15.1. The van der Waals surface area contributed by atoms with Gasteiger partial charge in [-0.3, -0.25) is 4.79 Å². The van der Waals surface area contributed by atoms with Crippen LogP contribution in [0.1, 0.15) is 39.4 Å². The Labute approximate surface area is 246 Å². The minimum absolute atomic E-state index is 0.0399. The Kier molecular flexibility index (Phi) is 8.20. The second-order valence-corrected chi connectivity index (χ2v) is 12.1. The number of aliphatic carboxylic acids is 1. The summed E-state index contributed by atoms with van der Waals surface area (Å²) in [7, 11) is -2.92. The molecule has 1 heterocycles. The van der Waals surface area contributed by atoms with E-state index < -0.39 is 28.1 Å². The molecule has 8 heteroatoms. The van der Waals surface area contributed by atoms with E-state index in [1.54, 1.807) is 45.0 Å². The molecule has 0 fully saturated rings. The smallest absolute Gasteiger partial charge is 0.322 e. The summed E-state index contributed by atoms with van der Waals surface area (Å²) in [5.74, 6) is -0.688. The fraction of sp³-hybridized carbons (Fsp3) is 0.206. The molecule has 0 aliphatic rings. The van der Waals surface area contributed by atoms with Crippen LogP contribution in [0.2, 0.25) is 0 Å². The number of carboxylic acid groups (broad SMARTS) is 1. The molecule has 0 radical (unpaired) electrons. The van der Waals surface area contributed by atoms with Crippen LogP contribution >= 0.6 is 0 Å². The average Bonchev–Trinajstić information content (AvgIpc) is 3.41. The number of carbonyl (C=O) groups is 1. The van der Waals surface area contributed by atoms with E-state index in [9.17, 15) is 9.90 Å². The largest absolute Gasteiger partial charge is 0.496 e. The average molecular weight is 584 g/mol. The molecule has 216 valence electrons. The number of nitrogens with zero attached hydrogens (tertiary/aromatic N) is 1. The van der Waals surface area contributed by atoms with E-state index in [1.807, 2.05) is 66.7 Å². The minimum Gasteiger partial charge on any atom is -0.496 e. The lowest BCUT2D eigenvalue weighted by molar-refractivity contribution is -0.141. The molecule has 7 nitrogen and oxygen atoms in total. The lowest BCUT2D eigenvalue weighted by atomic mass is 9.96. The molecule has 0 aliphatic carbocycles. The van der Waals surface area contributed by atoms with E-state index in [0.717, 1.165) is 4.31 Å². The summed E-state index contributed by atoms with van der Waals surface area (Å²) in [6.07, 6.45) is 1.49. The molecule has 0 amide bonds.